The van der Waals surface area contributed by atoms with Crippen molar-refractivity contribution >= 4 is 33.2 Å². The summed E-state index contributed by atoms with van der Waals surface area (Å²) in [5, 5.41) is 32.5. The van der Waals surface area contributed by atoms with Gasteiger partial charge in [0.05, 0.1) is 16.3 Å². The average molecular weight is 630 g/mol. The Bertz CT molecular complexity index is 1720. The van der Waals surface area contributed by atoms with Crippen molar-refractivity contribution in [2.45, 2.75) is 30.2 Å². The Morgan fingerprint density at radius 2 is 1.47 bits per heavy atom. The number of para-hydroxylation sites is 3. The minimum Gasteiger partial charge on any atom is -0.508 e. The number of phenols is 2. The van der Waals surface area contributed by atoms with Crippen molar-refractivity contribution in [1.82, 2.24) is 10.2 Å². The first-order valence-corrected chi connectivity index (χ1v) is 16.1. The van der Waals surface area contributed by atoms with E-state index in [9.17, 15) is 33.3 Å². The van der Waals surface area contributed by atoms with Crippen LogP contribution in [-0.2, 0) is 21.2 Å². The largest absolute Gasteiger partial charge is 0.508 e. The number of aliphatic hydroxyl groups excluding tert-OH is 1. The molecule has 4 N–H and O–H groups in total. The molecule has 4 aromatic rings. The SMILES string of the molecule is O=C(NC(Cc1ccc(O)cc1)C(=O)N1CCC(CO)CC1)c1ccc(S(=O)(=O)N(c2ccccc2)c2ccccc2O)cc1. The van der Waals surface area contributed by atoms with E-state index in [2.05, 4.69) is 5.32 Å². The summed E-state index contributed by atoms with van der Waals surface area (Å²) in [5.41, 5.74) is 1.29. The maximum Gasteiger partial charge on any atom is 0.268 e. The number of phenolic OH excluding ortho intramolecular Hbond substituents is 2. The summed E-state index contributed by atoms with van der Waals surface area (Å²) in [6.07, 6.45) is 1.52. The van der Waals surface area contributed by atoms with Gasteiger partial charge in [-0.15, -0.1) is 0 Å². The normalized spacial score (nSPS) is 14.5. The molecule has 0 radical (unpaired) electrons. The average Bonchev–Trinajstić information content (AvgIpc) is 3.06. The van der Waals surface area contributed by atoms with Gasteiger partial charge in [-0.3, -0.25) is 9.59 Å². The molecule has 1 unspecified atom stereocenters. The Morgan fingerprint density at radius 1 is 0.844 bits per heavy atom. The lowest BCUT2D eigenvalue weighted by Crippen LogP contribution is -2.51. The van der Waals surface area contributed by atoms with Crippen molar-refractivity contribution in [3.63, 3.8) is 0 Å². The number of anilines is 2. The topological polar surface area (TPSA) is 147 Å². The van der Waals surface area contributed by atoms with Crippen LogP contribution in [0.15, 0.2) is 108 Å². The number of aromatic hydroxyl groups is 2. The first kappa shape index (κ1) is 31.6. The quantitative estimate of drug-likeness (QED) is 0.206. The minimum absolute atomic E-state index is 0.0665. The molecule has 1 aliphatic rings. The number of rotatable bonds is 10. The van der Waals surface area contributed by atoms with Gasteiger partial charge >= 0.3 is 0 Å². The van der Waals surface area contributed by atoms with Crippen LogP contribution in [0.1, 0.15) is 28.8 Å². The molecule has 0 bridgehead atoms. The second kappa shape index (κ2) is 13.8. The van der Waals surface area contributed by atoms with E-state index in [-0.39, 0.29) is 52.5 Å². The highest BCUT2D eigenvalue weighted by atomic mass is 32.2. The third-order valence-electron chi connectivity index (χ3n) is 7.91. The number of amides is 2. The number of hydrogen-bond acceptors (Lipinski definition) is 7. The van der Waals surface area contributed by atoms with E-state index in [4.69, 9.17) is 0 Å². The van der Waals surface area contributed by atoms with E-state index in [1.54, 1.807) is 59.5 Å². The molecule has 0 aliphatic carbocycles. The highest BCUT2D eigenvalue weighted by molar-refractivity contribution is 7.93. The summed E-state index contributed by atoms with van der Waals surface area (Å²) in [7, 11) is -4.23. The van der Waals surface area contributed by atoms with Crippen molar-refractivity contribution in [1.29, 1.82) is 0 Å². The van der Waals surface area contributed by atoms with Gasteiger partial charge in [-0.1, -0.05) is 42.5 Å². The fourth-order valence-corrected chi connectivity index (χ4v) is 6.86. The molecule has 11 heteroatoms. The molecule has 0 spiro atoms. The zero-order chi connectivity index (χ0) is 32.0. The molecule has 1 atom stereocenters. The van der Waals surface area contributed by atoms with E-state index in [0.717, 1.165) is 9.87 Å². The van der Waals surface area contributed by atoms with Gasteiger partial charge in [0.15, 0.2) is 0 Å². The van der Waals surface area contributed by atoms with E-state index >= 15 is 0 Å². The number of benzene rings is 4. The van der Waals surface area contributed by atoms with Crippen LogP contribution in [-0.4, -0.2) is 66.2 Å². The summed E-state index contributed by atoms with van der Waals surface area (Å²) in [5.74, 6) is -0.807. The number of piperidine rings is 1. The molecule has 1 heterocycles. The van der Waals surface area contributed by atoms with Crippen LogP contribution in [0.5, 0.6) is 11.5 Å². The molecule has 5 rings (SSSR count). The van der Waals surface area contributed by atoms with Crippen LogP contribution in [0.2, 0.25) is 0 Å². The molecule has 1 fully saturated rings. The van der Waals surface area contributed by atoms with E-state index in [1.807, 2.05) is 0 Å². The number of carbonyl (C=O) groups excluding carboxylic acids is 2. The van der Waals surface area contributed by atoms with Crippen molar-refractivity contribution in [3.05, 3.63) is 114 Å². The fourth-order valence-electron chi connectivity index (χ4n) is 5.36. The third-order valence-corrected chi connectivity index (χ3v) is 9.67. The molecular weight excluding hydrogens is 594 g/mol. The minimum atomic E-state index is -4.23. The summed E-state index contributed by atoms with van der Waals surface area (Å²) >= 11 is 0. The second-order valence-corrected chi connectivity index (χ2v) is 12.8. The van der Waals surface area contributed by atoms with Crippen LogP contribution in [0.3, 0.4) is 0 Å². The van der Waals surface area contributed by atoms with Crippen LogP contribution < -0.4 is 9.62 Å². The number of aliphatic hydroxyl groups is 1. The highest BCUT2D eigenvalue weighted by Crippen LogP contribution is 2.37. The zero-order valence-corrected chi connectivity index (χ0v) is 25.3. The van der Waals surface area contributed by atoms with Gasteiger partial charge in [-0.25, -0.2) is 12.7 Å². The lowest BCUT2D eigenvalue weighted by molar-refractivity contribution is -0.134. The Kier molecular flexibility index (Phi) is 9.70. The molecule has 0 aromatic heterocycles. The number of sulfonamides is 1. The summed E-state index contributed by atoms with van der Waals surface area (Å²) in [4.78, 5) is 28.6. The number of carbonyl (C=O) groups is 2. The van der Waals surface area contributed by atoms with E-state index in [0.29, 0.717) is 31.6 Å². The molecular formula is C34H35N3O7S. The maximum absolute atomic E-state index is 13.9. The summed E-state index contributed by atoms with van der Waals surface area (Å²) < 4.78 is 28.9. The number of hydrogen-bond donors (Lipinski definition) is 4. The van der Waals surface area contributed by atoms with Crippen LogP contribution >= 0.6 is 0 Å². The Balaban J connectivity index is 1.38. The number of likely N-dealkylation sites (tertiary alicyclic amines) is 1. The monoisotopic (exact) mass is 629 g/mol. The second-order valence-electron chi connectivity index (χ2n) is 11.0. The highest BCUT2D eigenvalue weighted by Gasteiger charge is 2.31. The van der Waals surface area contributed by atoms with Gasteiger partial charge < -0.3 is 25.5 Å². The third kappa shape index (κ3) is 7.27. The molecule has 10 nitrogen and oxygen atoms in total. The Morgan fingerprint density at radius 3 is 2.09 bits per heavy atom. The Hall–Kier alpha value is -4.87. The smallest absolute Gasteiger partial charge is 0.268 e. The van der Waals surface area contributed by atoms with Gasteiger partial charge in [0.1, 0.15) is 17.5 Å². The Labute approximate surface area is 262 Å². The van der Waals surface area contributed by atoms with Crippen LogP contribution in [0, 0.1) is 5.92 Å². The number of nitrogens with zero attached hydrogens (tertiary/aromatic N) is 2. The van der Waals surface area contributed by atoms with Crippen molar-refractivity contribution in [2.24, 2.45) is 5.92 Å². The first-order valence-electron chi connectivity index (χ1n) is 14.6. The molecule has 4 aromatic carbocycles. The van der Waals surface area contributed by atoms with Crippen molar-refractivity contribution in [3.8, 4) is 11.5 Å². The molecule has 0 saturated carbocycles. The fraction of sp³-hybridized carbons (Fsp3) is 0.235. The van der Waals surface area contributed by atoms with E-state index < -0.39 is 22.0 Å². The summed E-state index contributed by atoms with van der Waals surface area (Å²) in [6.45, 7) is 0.998. The molecule has 2 amide bonds. The maximum atomic E-state index is 13.9. The van der Waals surface area contributed by atoms with Gasteiger partial charge in [-0.05, 0) is 85.0 Å². The molecule has 234 valence electrons. The predicted molar refractivity (Wildman–Crippen MR) is 170 cm³/mol. The van der Waals surface area contributed by atoms with Crippen molar-refractivity contribution in [2.75, 3.05) is 24.0 Å². The van der Waals surface area contributed by atoms with Gasteiger partial charge in [0.2, 0.25) is 5.91 Å². The van der Waals surface area contributed by atoms with Crippen molar-refractivity contribution < 1.29 is 33.3 Å². The predicted octanol–water partition coefficient (Wildman–Crippen LogP) is 4.20. The van der Waals surface area contributed by atoms with Crippen LogP contribution in [0.25, 0.3) is 0 Å². The molecule has 1 saturated heterocycles. The van der Waals surface area contributed by atoms with Gasteiger partial charge in [0.25, 0.3) is 15.9 Å². The van der Waals surface area contributed by atoms with Gasteiger partial charge in [-0.2, -0.15) is 0 Å². The van der Waals surface area contributed by atoms with Gasteiger partial charge in [0, 0.05) is 31.7 Å². The lowest BCUT2D eigenvalue weighted by atomic mass is 9.96. The first-order chi connectivity index (χ1) is 21.7. The van der Waals surface area contributed by atoms with Crippen LogP contribution in [0.4, 0.5) is 11.4 Å². The zero-order valence-electron chi connectivity index (χ0n) is 24.5. The standard InChI is InChI=1S/C34H35N3O7S/c38-23-25-18-20-36(21-19-25)34(42)30(22-24-10-14-28(39)15-11-24)35-33(41)26-12-16-29(17-13-26)45(43,44)37(27-6-2-1-3-7-27)31-8-4-5-9-32(31)40/h1-17,25,30,38-40H,18-23H2,(H,35,41). The summed E-state index contributed by atoms with van der Waals surface area (Å²) in [6, 6.07) is 25.4. The number of nitrogens with one attached hydrogen (secondary N) is 1. The lowest BCUT2D eigenvalue weighted by Gasteiger charge is -2.34. The molecule has 45 heavy (non-hydrogen) atoms. The van der Waals surface area contributed by atoms with E-state index in [1.165, 1.54) is 48.5 Å². The molecule has 1 aliphatic heterocycles.